The van der Waals surface area contributed by atoms with Crippen LogP contribution in [0.4, 0.5) is 4.79 Å². The fourth-order valence-electron chi connectivity index (χ4n) is 1.57. The van der Waals surface area contributed by atoms with Crippen molar-refractivity contribution in [3.63, 3.8) is 0 Å². The predicted octanol–water partition coefficient (Wildman–Crippen LogP) is 2.55. The highest BCUT2D eigenvalue weighted by Crippen LogP contribution is 2.22. The molecule has 0 amide bonds. The lowest BCUT2D eigenvalue weighted by Gasteiger charge is -2.01. The van der Waals surface area contributed by atoms with Crippen molar-refractivity contribution < 1.29 is 4.79 Å². The van der Waals surface area contributed by atoms with E-state index in [1.807, 2.05) is 6.92 Å². The molecule has 0 fully saturated rings. The minimum absolute atomic E-state index is 0.0436. The third kappa shape index (κ3) is 1.43. The number of aromatic nitrogens is 2. The molecule has 2 rings (SSSR count). The van der Waals surface area contributed by atoms with Gasteiger partial charge in [-0.25, -0.2) is 0 Å². The smallest absolute Gasteiger partial charge is 0.260 e. The molecular weight excluding hydrogens is 279 g/mol. The van der Waals surface area contributed by atoms with Gasteiger partial charge in [-0.05, 0) is 19.8 Å². The van der Waals surface area contributed by atoms with Gasteiger partial charge in [-0.3, -0.25) is 4.79 Å². The second kappa shape index (κ2) is 3.25. The number of allylic oxidation sites excluding steroid dienone is 1. The molecule has 4 heteroatoms. The lowest BCUT2D eigenvalue weighted by atomic mass is 10.0. The standard InChI is InChI=1S/C9H9IN2O/c1-6-7-4-2-3-5-8(7)11-12(6)9(10)13/h2,4H,3,5H2,1H3. The van der Waals surface area contributed by atoms with Crippen LogP contribution < -0.4 is 0 Å². The van der Waals surface area contributed by atoms with Crippen LogP contribution in [0.1, 0.15) is 23.4 Å². The Bertz CT molecular complexity index is 393. The van der Waals surface area contributed by atoms with Gasteiger partial charge in [0.25, 0.3) is 0 Å². The molecule has 0 aromatic carbocycles. The number of hydrogen-bond acceptors (Lipinski definition) is 2. The number of rotatable bonds is 0. The Balaban J connectivity index is 2.58. The lowest BCUT2D eigenvalue weighted by molar-refractivity contribution is 0.261. The average Bonchev–Trinajstić information content (AvgIpc) is 2.45. The molecule has 0 radical (unpaired) electrons. The van der Waals surface area contributed by atoms with E-state index in [2.05, 4.69) is 17.3 Å². The summed E-state index contributed by atoms with van der Waals surface area (Å²) < 4.78 is 1.43. The van der Waals surface area contributed by atoms with Crippen molar-refractivity contribution in [3.05, 3.63) is 23.0 Å². The second-order valence-corrected chi connectivity index (χ2v) is 3.97. The molecule has 13 heavy (non-hydrogen) atoms. The number of hydrogen-bond donors (Lipinski definition) is 0. The third-order valence-corrected chi connectivity index (χ3v) is 2.69. The molecule has 68 valence electrons. The summed E-state index contributed by atoms with van der Waals surface area (Å²) in [7, 11) is 0. The Hall–Kier alpha value is -0.650. The highest BCUT2D eigenvalue weighted by atomic mass is 127. The molecule has 1 heterocycles. The van der Waals surface area contributed by atoms with E-state index in [0.29, 0.717) is 0 Å². The summed E-state index contributed by atoms with van der Waals surface area (Å²) in [5.41, 5.74) is 3.12. The van der Waals surface area contributed by atoms with E-state index >= 15 is 0 Å². The Morgan fingerprint density at radius 2 is 2.46 bits per heavy atom. The molecule has 1 aromatic heterocycles. The first-order valence-corrected chi connectivity index (χ1v) is 5.23. The summed E-state index contributed by atoms with van der Waals surface area (Å²) in [6.45, 7) is 1.93. The Kier molecular flexibility index (Phi) is 2.23. The van der Waals surface area contributed by atoms with Gasteiger partial charge >= 0.3 is 3.91 Å². The quantitative estimate of drug-likeness (QED) is 0.543. The molecule has 1 aliphatic rings. The number of carbonyl (C=O) groups is 1. The zero-order valence-electron chi connectivity index (χ0n) is 7.25. The zero-order chi connectivity index (χ0) is 9.42. The van der Waals surface area contributed by atoms with Crippen LogP contribution >= 0.6 is 22.6 Å². The first-order valence-electron chi connectivity index (χ1n) is 4.15. The SMILES string of the molecule is Cc1c2c(nn1C(=O)I)CCC=C2. The van der Waals surface area contributed by atoms with Crippen molar-refractivity contribution in [1.29, 1.82) is 0 Å². The van der Waals surface area contributed by atoms with Crippen molar-refractivity contribution >= 4 is 32.6 Å². The van der Waals surface area contributed by atoms with Crippen molar-refractivity contribution in [1.82, 2.24) is 9.78 Å². The van der Waals surface area contributed by atoms with Crippen LogP contribution in [-0.4, -0.2) is 13.7 Å². The summed E-state index contributed by atoms with van der Waals surface area (Å²) in [4.78, 5) is 11.1. The summed E-state index contributed by atoms with van der Waals surface area (Å²) >= 11 is 1.75. The maximum Gasteiger partial charge on any atom is 0.307 e. The molecule has 1 aromatic rings. The Labute approximate surface area is 90.0 Å². The van der Waals surface area contributed by atoms with E-state index in [9.17, 15) is 4.79 Å². The van der Waals surface area contributed by atoms with Gasteiger partial charge in [-0.15, -0.1) is 0 Å². The number of fused-ring (bicyclic) bond motifs is 1. The van der Waals surface area contributed by atoms with Crippen LogP contribution in [0.3, 0.4) is 0 Å². The normalized spacial score (nSPS) is 14.3. The summed E-state index contributed by atoms with van der Waals surface area (Å²) in [5, 5.41) is 4.26. The van der Waals surface area contributed by atoms with Crippen LogP contribution in [0.5, 0.6) is 0 Å². The van der Waals surface area contributed by atoms with Crippen molar-refractivity contribution in [3.8, 4) is 0 Å². The van der Waals surface area contributed by atoms with Crippen LogP contribution in [0.25, 0.3) is 6.08 Å². The molecule has 0 saturated heterocycles. The highest BCUT2D eigenvalue weighted by molar-refractivity contribution is 14.1. The van der Waals surface area contributed by atoms with E-state index in [4.69, 9.17) is 0 Å². The van der Waals surface area contributed by atoms with E-state index in [-0.39, 0.29) is 3.91 Å². The monoisotopic (exact) mass is 288 g/mol. The minimum Gasteiger partial charge on any atom is -0.260 e. The Morgan fingerprint density at radius 3 is 3.08 bits per heavy atom. The van der Waals surface area contributed by atoms with Crippen molar-refractivity contribution in [2.45, 2.75) is 19.8 Å². The molecule has 0 spiro atoms. The molecule has 0 unspecified atom stereocenters. The lowest BCUT2D eigenvalue weighted by Crippen LogP contribution is -2.05. The fourth-order valence-corrected chi connectivity index (χ4v) is 2.04. The van der Waals surface area contributed by atoms with Crippen LogP contribution in [0, 0.1) is 6.92 Å². The molecule has 0 atom stereocenters. The summed E-state index contributed by atoms with van der Waals surface area (Å²) in [5.74, 6) is 0. The highest BCUT2D eigenvalue weighted by Gasteiger charge is 2.16. The van der Waals surface area contributed by atoms with Gasteiger partial charge in [0.15, 0.2) is 0 Å². The van der Waals surface area contributed by atoms with Crippen LogP contribution in [-0.2, 0) is 6.42 Å². The van der Waals surface area contributed by atoms with Crippen molar-refractivity contribution in [2.24, 2.45) is 0 Å². The van der Waals surface area contributed by atoms with Gasteiger partial charge in [0, 0.05) is 28.2 Å². The largest absolute Gasteiger partial charge is 0.307 e. The Morgan fingerprint density at radius 1 is 1.69 bits per heavy atom. The van der Waals surface area contributed by atoms with Crippen molar-refractivity contribution in [2.75, 3.05) is 0 Å². The van der Waals surface area contributed by atoms with Crippen LogP contribution in [0.2, 0.25) is 0 Å². The molecule has 0 N–H and O–H groups in total. The molecule has 0 aliphatic heterocycles. The van der Waals surface area contributed by atoms with Gasteiger partial charge in [0.1, 0.15) is 0 Å². The first-order chi connectivity index (χ1) is 6.20. The van der Waals surface area contributed by atoms with E-state index in [0.717, 1.165) is 29.8 Å². The fraction of sp³-hybridized carbons (Fsp3) is 0.333. The summed E-state index contributed by atoms with van der Waals surface area (Å²) in [6.07, 6.45) is 6.15. The predicted molar refractivity (Wildman–Crippen MR) is 59.1 cm³/mol. The van der Waals surface area contributed by atoms with E-state index in [1.54, 1.807) is 22.6 Å². The average molecular weight is 288 g/mol. The molecule has 1 aliphatic carbocycles. The number of carbonyl (C=O) groups excluding carboxylic acids is 1. The van der Waals surface area contributed by atoms with Gasteiger partial charge in [-0.1, -0.05) is 12.2 Å². The number of aryl methyl sites for hydroxylation is 1. The summed E-state index contributed by atoms with van der Waals surface area (Å²) in [6, 6.07) is 0. The number of nitrogens with zero attached hydrogens (tertiary/aromatic N) is 2. The van der Waals surface area contributed by atoms with Gasteiger partial charge in [-0.2, -0.15) is 9.78 Å². The molecular formula is C9H9IN2O. The maximum atomic E-state index is 11.1. The molecule has 0 saturated carbocycles. The minimum atomic E-state index is -0.0436. The van der Waals surface area contributed by atoms with Gasteiger partial charge in [0.05, 0.1) is 11.4 Å². The van der Waals surface area contributed by atoms with Crippen LogP contribution in [0.15, 0.2) is 6.08 Å². The number of halogens is 1. The third-order valence-electron chi connectivity index (χ3n) is 2.24. The topological polar surface area (TPSA) is 34.9 Å². The van der Waals surface area contributed by atoms with Gasteiger partial charge in [0.2, 0.25) is 0 Å². The molecule has 0 bridgehead atoms. The van der Waals surface area contributed by atoms with Gasteiger partial charge < -0.3 is 0 Å². The first kappa shape index (κ1) is 8.93. The maximum absolute atomic E-state index is 11.1. The second-order valence-electron chi connectivity index (χ2n) is 3.05. The van der Waals surface area contributed by atoms with E-state index in [1.165, 1.54) is 4.68 Å². The van der Waals surface area contributed by atoms with E-state index < -0.39 is 0 Å². The molecule has 3 nitrogen and oxygen atoms in total. The zero-order valence-corrected chi connectivity index (χ0v) is 9.41.